The average Bonchev–Trinajstić information content (AvgIpc) is 2.66. The van der Waals surface area contributed by atoms with Gasteiger partial charge in [0.15, 0.2) is 0 Å². The monoisotopic (exact) mass is 288 g/mol. The molecule has 6 nitrogen and oxygen atoms in total. The molecule has 6 heteroatoms. The SMILES string of the molecule is Cc1ccc([N+](=O)[O-])c(-c2nn(C)c(N)c2CC(C)C)c1. The van der Waals surface area contributed by atoms with E-state index in [0.29, 0.717) is 23.0 Å². The van der Waals surface area contributed by atoms with Gasteiger partial charge in [-0.25, -0.2) is 0 Å². The highest BCUT2D eigenvalue weighted by Crippen LogP contribution is 2.35. The number of rotatable bonds is 4. The molecular formula is C15H20N4O2. The molecule has 0 aliphatic carbocycles. The normalized spacial score (nSPS) is 11.1. The number of anilines is 1. The standard InChI is InChI=1S/C15H20N4O2/c1-9(2)7-12-14(17-18(4)15(12)16)11-8-10(3)5-6-13(11)19(20)21/h5-6,8-9H,7,16H2,1-4H3. The van der Waals surface area contributed by atoms with E-state index in [1.54, 1.807) is 23.9 Å². The zero-order valence-electron chi connectivity index (χ0n) is 12.8. The van der Waals surface area contributed by atoms with Crippen molar-refractivity contribution in [1.82, 2.24) is 9.78 Å². The highest BCUT2D eigenvalue weighted by Gasteiger charge is 2.23. The first-order valence-corrected chi connectivity index (χ1v) is 6.88. The Kier molecular flexibility index (Phi) is 3.97. The van der Waals surface area contributed by atoms with E-state index < -0.39 is 0 Å². The predicted octanol–water partition coefficient (Wildman–Crippen LogP) is 3.08. The quantitative estimate of drug-likeness (QED) is 0.691. The molecule has 0 atom stereocenters. The molecule has 0 aliphatic heterocycles. The molecule has 0 spiro atoms. The predicted molar refractivity (Wildman–Crippen MR) is 83.0 cm³/mol. The lowest BCUT2D eigenvalue weighted by Gasteiger charge is -2.08. The van der Waals surface area contributed by atoms with Gasteiger partial charge in [0.2, 0.25) is 0 Å². The summed E-state index contributed by atoms with van der Waals surface area (Å²) in [5, 5.41) is 15.7. The van der Waals surface area contributed by atoms with Crippen LogP contribution >= 0.6 is 0 Å². The molecule has 0 aliphatic rings. The van der Waals surface area contributed by atoms with Crippen LogP contribution in [-0.4, -0.2) is 14.7 Å². The molecule has 2 aromatic rings. The van der Waals surface area contributed by atoms with Crippen LogP contribution in [0, 0.1) is 23.0 Å². The van der Waals surface area contributed by atoms with Gasteiger partial charge in [-0.2, -0.15) is 5.10 Å². The van der Waals surface area contributed by atoms with Crippen LogP contribution in [0.5, 0.6) is 0 Å². The second-order valence-electron chi connectivity index (χ2n) is 5.71. The second-order valence-corrected chi connectivity index (χ2v) is 5.71. The molecule has 0 radical (unpaired) electrons. The number of nitrogens with two attached hydrogens (primary N) is 1. The summed E-state index contributed by atoms with van der Waals surface area (Å²) < 4.78 is 1.58. The fraction of sp³-hybridized carbons (Fsp3) is 0.400. The number of nitro groups is 1. The maximum absolute atomic E-state index is 11.3. The van der Waals surface area contributed by atoms with E-state index in [1.807, 2.05) is 6.92 Å². The lowest BCUT2D eigenvalue weighted by atomic mass is 9.97. The highest BCUT2D eigenvalue weighted by molar-refractivity contribution is 5.76. The van der Waals surface area contributed by atoms with Gasteiger partial charge in [-0.15, -0.1) is 0 Å². The smallest absolute Gasteiger partial charge is 0.278 e. The van der Waals surface area contributed by atoms with Crippen molar-refractivity contribution in [2.24, 2.45) is 13.0 Å². The van der Waals surface area contributed by atoms with E-state index in [4.69, 9.17) is 5.73 Å². The van der Waals surface area contributed by atoms with E-state index in [1.165, 1.54) is 6.07 Å². The van der Waals surface area contributed by atoms with E-state index in [9.17, 15) is 10.1 Å². The molecule has 2 rings (SSSR count). The zero-order chi connectivity index (χ0) is 15.7. The van der Waals surface area contributed by atoms with Gasteiger partial charge in [-0.05, 0) is 30.9 Å². The lowest BCUT2D eigenvalue weighted by molar-refractivity contribution is -0.384. The zero-order valence-corrected chi connectivity index (χ0v) is 12.8. The van der Waals surface area contributed by atoms with Crippen molar-refractivity contribution >= 4 is 11.5 Å². The van der Waals surface area contributed by atoms with Crippen molar-refractivity contribution in [1.29, 1.82) is 0 Å². The van der Waals surface area contributed by atoms with E-state index in [0.717, 1.165) is 17.5 Å². The van der Waals surface area contributed by atoms with Crippen molar-refractivity contribution in [3.63, 3.8) is 0 Å². The first kappa shape index (κ1) is 15.0. The van der Waals surface area contributed by atoms with Crippen LogP contribution in [0.1, 0.15) is 25.0 Å². The van der Waals surface area contributed by atoms with Crippen LogP contribution in [0.15, 0.2) is 18.2 Å². The molecule has 1 aromatic heterocycles. The fourth-order valence-electron chi connectivity index (χ4n) is 2.41. The van der Waals surface area contributed by atoms with Crippen LogP contribution in [0.3, 0.4) is 0 Å². The van der Waals surface area contributed by atoms with E-state index in [-0.39, 0.29) is 10.6 Å². The number of nitro benzene ring substituents is 1. The molecule has 0 amide bonds. The number of aromatic nitrogens is 2. The summed E-state index contributed by atoms with van der Waals surface area (Å²) in [6, 6.07) is 5.05. The van der Waals surface area contributed by atoms with Crippen LogP contribution in [0.2, 0.25) is 0 Å². The topological polar surface area (TPSA) is 87.0 Å². The number of nitrogen functional groups attached to an aromatic ring is 1. The third-order valence-electron chi connectivity index (χ3n) is 3.41. The number of nitrogens with zero attached hydrogens (tertiary/aromatic N) is 3. The first-order valence-electron chi connectivity index (χ1n) is 6.88. The molecule has 0 unspecified atom stereocenters. The molecule has 2 N–H and O–H groups in total. The first-order chi connectivity index (χ1) is 9.81. The van der Waals surface area contributed by atoms with Crippen LogP contribution < -0.4 is 5.73 Å². The van der Waals surface area contributed by atoms with Crippen molar-refractivity contribution in [2.45, 2.75) is 27.2 Å². The summed E-state index contributed by atoms with van der Waals surface area (Å²) in [5.41, 5.74) is 9.11. The maximum Gasteiger partial charge on any atom is 0.278 e. The second kappa shape index (κ2) is 5.55. The maximum atomic E-state index is 11.3. The Labute approximate surface area is 123 Å². The summed E-state index contributed by atoms with van der Waals surface area (Å²) >= 11 is 0. The Morgan fingerprint density at radius 2 is 2.10 bits per heavy atom. The largest absolute Gasteiger partial charge is 0.384 e. The summed E-state index contributed by atoms with van der Waals surface area (Å²) in [4.78, 5) is 10.9. The summed E-state index contributed by atoms with van der Waals surface area (Å²) in [6.07, 6.45) is 0.736. The molecule has 1 aromatic carbocycles. The van der Waals surface area contributed by atoms with Gasteiger partial charge in [0.25, 0.3) is 5.69 Å². The van der Waals surface area contributed by atoms with Crippen LogP contribution in [0.25, 0.3) is 11.3 Å². The number of benzene rings is 1. The van der Waals surface area contributed by atoms with Crippen molar-refractivity contribution in [3.8, 4) is 11.3 Å². The van der Waals surface area contributed by atoms with E-state index >= 15 is 0 Å². The minimum absolute atomic E-state index is 0.0590. The Balaban J connectivity index is 2.69. The van der Waals surface area contributed by atoms with Crippen molar-refractivity contribution in [3.05, 3.63) is 39.4 Å². The van der Waals surface area contributed by atoms with Crippen molar-refractivity contribution < 1.29 is 4.92 Å². The number of hydrogen-bond acceptors (Lipinski definition) is 4. The van der Waals surface area contributed by atoms with Gasteiger partial charge >= 0.3 is 0 Å². The van der Waals surface area contributed by atoms with Gasteiger partial charge in [-0.1, -0.05) is 19.9 Å². The van der Waals surface area contributed by atoms with Crippen LogP contribution in [-0.2, 0) is 13.5 Å². The molecule has 0 saturated carbocycles. The van der Waals surface area contributed by atoms with E-state index in [2.05, 4.69) is 18.9 Å². The van der Waals surface area contributed by atoms with Gasteiger partial charge < -0.3 is 5.73 Å². The van der Waals surface area contributed by atoms with Gasteiger partial charge in [0.05, 0.1) is 10.5 Å². The minimum Gasteiger partial charge on any atom is -0.384 e. The fourth-order valence-corrected chi connectivity index (χ4v) is 2.41. The molecule has 112 valence electrons. The number of hydrogen-bond donors (Lipinski definition) is 1. The lowest BCUT2D eigenvalue weighted by Crippen LogP contribution is -2.02. The third-order valence-corrected chi connectivity index (χ3v) is 3.41. The molecule has 0 bridgehead atoms. The molecular weight excluding hydrogens is 268 g/mol. The summed E-state index contributed by atoms with van der Waals surface area (Å²) in [5.74, 6) is 0.952. The molecule has 0 saturated heterocycles. The Morgan fingerprint density at radius 1 is 1.43 bits per heavy atom. The minimum atomic E-state index is -0.376. The van der Waals surface area contributed by atoms with Gasteiger partial charge in [0, 0.05) is 18.7 Å². The summed E-state index contributed by atoms with van der Waals surface area (Å²) in [7, 11) is 1.75. The van der Waals surface area contributed by atoms with Gasteiger partial charge in [0.1, 0.15) is 11.5 Å². The Bertz CT molecular complexity index is 689. The average molecular weight is 288 g/mol. The molecule has 0 fully saturated rings. The molecule has 21 heavy (non-hydrogen) atoms. The van der Waals surface area contributed by atoms with Crippen LogP contribution in [0.4, 0.5) is 11.5 Å². The number of aryl methyl sites for hydroxylation is 2. The van der Waals surface area contributed by atoms with Crippen molar-refractivity contribution in [2.75, 3.05) is 5.73 Å². The Hall–Kier alpha value is -2.37. The van der Waals surface area contributed by atoms with Gasteiger partial charge in [-0.3, -0.25) is 14.8 Å². The Morgan fingerprint density at radius 3 is 2.67 bits per heavy atom. The molecule has 1 heterocycles. The third kappa shape index (κ3) is 2.89. The highest BCUT2D eigenvalue weighted by atomic mass is 16.6. The summed E-state index contributed by atoms with van der Waals surface area (Å²) in [6.45, 7) is 6.07.